The summed E-state index contributed by atoms with van der Waals surface area (Å²) in [5, 5.41) is 19.8. The summed E-state index contributed by atoms with van der Waals surface area (Å²) in [5.41, 5.74) is 4.17. The highest BCUT2D eigenvalue weighted by atomic mass is 16.5. The molecule has 1 N–H and O–H groups in total. The van der Waals surface area contributed by atoms with Crippen molar-refractivity contribution in [2.75, 3.05) is 32.8 Å². The third-order valence-electron chi connectivity index (χ3n) is 7.79. The Morgan fingerprint density at radius 3 is 2.78 bits per heavy atom. The van der Waals surface area contributed by atoms with Gasteiger partial charge in [0.2, 0.25) is 0 Å². The zero-order valence-corrected chi connectivity index (χ0v) is 21.5. The molecule has 2 fully saturated rings. The van der Waals surface area contributed by atoms with Crippen molar-refractivity contribution in [3.63, 3.8) is 0 Å². The zero-order chi connectivity index (χ0) is 25.2. The molecule has 2 aliphatic rings. The number of nitrogens with zero attached hydrogens (tertiary/aromatic N) is 7. The summed E-state index contributed by atoms with van der Waals surface area (Å²) in [7, 11) is 0. The van der Waals surface area contributed by atoms with Crippen LogP contribution >= 0.6 is 0 Å². The van der Waals surface area contributed by atoms with Crippen LogP contribution in [0.25, 0.3) is 28.2 Å². The van der Waals surface area contributed by atoms with Crippen LogP contribution in [0.3, 0.4) is 0 Å². The van der Waals surface area contributed by atoms with Crippen LogP contribution in [0.5, 0.6) is 0 Å². The van der Waals surface area contributed by atoms with Crippen molar-refractivity contribution in [2.24, 2.45) is 0 Å². The number of benzene rings is 1. The van der Waals surface area contributed by atoms with Crippen molar-refractivity contribution in [2.45, 2.75) is 57.6 Å². The SMILES string of the molecule is CCN1CCC(c2ccc3c(c2)c(-c2nccc(-n4cc(CCO)cn4)n2)nn3C2CCCCO2)CC1. The molecular weight excluding hydrogens is 466 g/mol. The molecular formula is C28H35N7O2. The first kappa shape index (κ1) is 24.2. The lowest BCUT2D eigenvalue weighted by atomic mass is 9.88. The fraction of sp³-hybridized carbons (Fsp3) is 0.500. The van der Waals surface area contributed by atoms with E-state index in [0.717, 1.165) is 67.7 Å². The smallest absolute Gasteiger partial charge is 0.182 e. The molecule has 4 aromatic rings. The number of piperidine rings is 1. The van der Waals surface area contributed by atoms with E-state index in [9.17, 15) is 5.11 Å². The highest BCUT2D eigenvalue weighted by Gasteiger charge is 2.25. The highest BCUT2D eigenvalue weighted by Crippen LogP contribution is 2.36. The van der Waals surface area contributed by atoms with Gasteiger partial charge in [-0.3, -0.25) is 0 Å². The number of fused-ring (bicyclic) bond motifs is 1. The second-order valence-electron chi connectivity index (χ2n) is 10.1. The molecule has 0 bridgehead atoms. The number of hydrogen-bond acceptors (Lipinski definition) is 7. The molecule has 37 heavy (non-hydrogen) atoms. The van der Waals surface area contributed by atoms with E-state index in [2.05, 4.69) is 40.1 Å². The van der Waals surface area contributed by atoms with Gasteiger partial charge in [-0.1, -0.05) is 13.0 Å². The van der Waals surface area contributed by atoms with Crippen molar-refractivity contribution < 1.29 is 9.84 Å². The van der Waals surface area contributed by atoms with E-state index in [0.29, 0.717) is 24.0 Å². The normalized spacial score (nSPS) is 19.6. The van der Waals surface area contributed by atoms with E-state index in [-0.39, 0.29) is 12.8 Å². The van der Waals surface area contributed by atoms with Gasteiger partial charge in [-0.2, -0.15) is 10.2 Å². The maximum atomic E-state index is 9.26. The standard InChI is InChI=1S/C28H35N7O2/c1-2-33-13-9-21(10-14-33)22-6-7-24-23(17-22)27(32-35(24)26-5-3-4-16-37-26)28-29-12-8-25(31-28)34-19-20(11-15-36)18-30-34/h6-8,12,17-19,21,26,36H,2-5,9-11,13-16H2,1H3. The van der Waals surface area contributed by atoms with Crippen LogP contribution < -0.4 is 0 Å². The van der Waals surface area contributed by atoms with Crippen molar-refractivity contribution in [1.29, 1.82) is 0 Å². The predicted octanol–water partition coefficient (Wildman–Crippen LogP) is 4.11. The molecule has 1 aromatic carbocycles. The molecule has 1 unspecified atom stereocenters. The Labute approximate surface area is 217 Å². The van der Waals surface area contributed by atoms with Crippen LogP contribution in [0.15, 0.2) is 42.9 Å². The van der Waals surface area contributed by atoms with Crippen LogP contribution in [0.2, 0.25) is 0 Å². The molecule has 194 valence electrons. The minimum absolute atomic E-state index is 0.0704. The van der Waals surface area contributed by atoms with Gasteiger partial charge in [-0.25, -0.2) is 19.3 Å². The van der Waals surface area contributed by atoms with Crippen molar-refractivity contribution >= 4 is 10.9 Å². The number of aliphatic hydroxyl groups is 1. The fourth-order valence-electron chi connectivity index (χ4n) is 5.63. The van der Waals surface area contributed by atoms with Crippen molar-refractivity contribution in [3.05, 3.63) is 54.0 Å². The number of aromatic nitrogens is 6. The van der Waals surface area contributed by atoms with E-state index in [1.54, 1.807) is 17.1 Å². The molecule has 0 amide bonds. The topological polar surface area (TPSA) is 94.1 Å². The molecule has 2 saturated heterocycles. The molecule has 0 radical (unpaired) electrons. The van der Waals surface area contributed by atoms with E-state index in [4.69, 9.17) is 14.8 Å². The fourth-order valence-corrected chi connectivity index (χ4v) is 5.63. The lowest BCUT2D eigenvalue weighted by Gasteiger charge is -2.31. The van der Waals surface area contributed by atoms with Crippen LogP contribution in [0.4, 0.5) is 0 Å². The number of aliphatic hydroxyl groups excluding tert-OH is 1. The Bertz CT molecular complexity index is 1350. The average Bonchev–Trinajstić information content (AvgIpc) is 3.59. The first-order valence-electron chi connectivity index (χ1n) is 13.6. The lowest BCUT2D eigenvalue weighted by Crippen LogP contribution is -2.32. The van der Waals surface area contributed by atoms with Crippen LogP contribution in [0, 0.1) is 0 Å². The van der Waals surface area contributed by atoms with E-state index < -0.39 is 0 Å². The van der Waals surface area contributed by atoms with Gasteiger partial charge in [0.1, 0.15) is 5.69 Å². The third-order valence-corrected chi connectivity index (χ3v) is 7.79. The Morgan fingerprint density at radius 2 is 2.00 bits per heavy atom. The third kappa shape index (κ3) is 4.91. The lowest BCUT2D eigenvalue weighted by molar-refractivity contribution is -0.0365. The maximum Gasteiger partial charge on any atom is 0.182 e. The van der Waals surface area contributed by atoms with Gasteiger partial charge in [-0.05, 0) is 87.3 Å². The van der Waals surface area contributed by atoms with E-state index >= 15 is 0 Å². The zero-order valence-electron chi connectivity index (χ0n) is 21.5. The second-order valence-corrected chi connectivity index (χ2v) is 10.1. The van der Waals surface area contributed by atoms with Gasteiger partial charge in [0.05, 0.1) is 11.7 Å². The minimum Gasteiger partial charge on any atom is -0.396 e. The number of ether oxygens (including phenoxy) is 1. The molecule has 3 aromatic heterocycles. The number of rotatable bonds is 7. The largest absolute Gasteiger partial charge is 0.396 e. The maximum absolute atomic E-state index is 9.26. The summed E-state index contributed by atoms with van der Waals surface area (Å²) in [6, 6.07) is 8.65. The Balaban J connectivity index is 1.41. The molecule has 1 atom stereocenters. The molecule has 2 aliphatic heterocycles. The van der Waals surface area contributed by atoms with Crippen LogP contribution in [0.1, 0.15) is 62.3 Å². The molecule has 9 heteroatoms. The Hall–Kier alpha value is -3.14. The summed E-state index contributed by atoms with van der Waals surface area (Å²) in [6.07, 6.45) is 11.5. The number of likely N-dealkylation sites (tertiary alicyclic amines) is 1. The average molecular weight is 502 g/mol. The molecule has 9 nitrogen and oxygen atoms in total. The van der Waals surface area contributed by atoms with Crippen LogP contribution in [-0.2, 0) is 11.2 Å². The van der Waals surface area contributed by atoms with Crippen LogP contribution in [-0.4, -0.2) is 72.4 Å². The van der Waals surface area contributed by atoms with Gasteiger partial charge in [-0.15, -0.1) is 0 Å². The molecule has 6 rings (SSSR count). The monoisotopic (exact) mass is 501 g/mol. The van der Waals surface area contributed by atoms with Gasteiger partial charge in [0.15, 0.2) is 17.9 Å². The summed E-state index contributed by atoms with van der Waals surface area (Å²) < 4.78 is 9.90. The van der Waals surface area contributed by atoms with Gasteiger partial charge < -0.3 is 14.7 Å². The molecule has 0 aliphatic carbocycles. The van der Waals surface area contributed by atoms with E-state index in [1.807, 2.05) is 16.9 Å². The molecule has 5 heterocycles. The number of hydrogen-bond donors (Lipinski definition) is 1. The predicted molar refractivity (Wildman–Crippen MR) is 142 cm³/mol. The summed E-state index contributed by atoms with van der Waals surface area (Å²) in [4.78, 5) is 12.0. The summed E-state index contributed by atoms with van der Waals surface area (Å²) in [6.45, 7) is 6.51. The first-order valence-corrected chi connectivity index (χ1v) is 13.6. The minimum atomic E-state index is -0.0704. The second kappa shape index (κ2) is 10.7. The summed E-state index contributed by atoms with van der Waals surface area (Å²) in [5.74, 6) is 1.80. The molecule has 0 saturated carbocycles. The van der Waals surface area contributed by atoms with Gasteiger partial charge >= 0.3 is 0 Å². The van der Waals surface area contributed by atoms with Gasteiger partial charge in [0, 0.05) is 37.1 Å². The molecule has 0 spiro atoms. The first-order chi connectivity index (χ1) is 18.2. The Kier molecular flexibility index (Phi) is 6.99. The summed E-state index contributed by atoms with van der Waals surface area (Å²) >= 11 is 0. The van der Waals surface area contributed by atoms with E-state index in [1.165, 1.54) is 18.4 Å². The van der Waals surface area contributed by atoms with Gasteiger partial charge in [0.25, 0.3) is 0 Å². The highest BCUT2D eigenvalue weighted by molar-refractivity contribution is 5.92. The Morgan fingerprint density at radius 1 is 1.11 bits per heavy atom. The van der Waals surface area contributed by atoms with Crippen molar-refractivity contribution in [3.8, 4) is 17.3 Å². The van der Waals surface area contributed by atoms with Crippen molar-refractivity contribution in [1.82, 2.24) is 34.4 Å². The quantitative estimate of drug-likeness (QED) is 0.407.